The van der Waals surface area contributed by atoms with Crippen LogP contribution in [0.15, 0.2) is 76.3 Å². The molecule has 1 amide bonds. The normalized spacial score (nSPS) is 10.8. The number of hydrazone groups is 1. The van der Waals surface area contributed by atoms with Crippen LogP contribution in [0.5, 0.6) is 11.5 Å². The Kier molecular flexibility index (Phi) is 9.46. The summed E-state index contributed by atoms with van der Waals surface area (Å²) in [5.41, 5.74) is 5.35. The van der Waals surface area contributed by atoms with E-state index in [4.69, 9.17) is 21.1 Å². The van der Waals surface area contributed by atoms with Crippen molar-refractivity contribution in [3.63, 3.8) is 0 Å². The van der Waals surface area contributed by atoms with E-state index >= 15 is 0 Å². The maximum absolute atomic E-state index is 12.0. The minimum atomic E-state index is -0.188. The lowest BCUT2D eigenvalue weighted by molar-refractivity contribution is -0.118. The fourth-order valence-electron chi connectivity index (χ4n) is 2.76. The molecule has 0 aliphatic carbocycles. The number of halogens is 2. The van der Waals surface area contributed by atoms with E-state index < -0.39 is 0 Å². The Hall–Kier alpha value is -2.48. The van der Waals surface area contributed by atoms with Gasteiger partial charge in [-0.2, -0.15) is 5.10 Å². The first-order valence-corrected chi connectivity index (χ1v) is 12.1. The molecule has 3 rings (SSSR count). The van der Waals surface area contributed by atoms with E-state index in [2.05, 4.69) is 26.5 Å². The van der Waals surface area contributed by atoms with Crippen LogP contribution in [-0.2, 0) is 17.2 Å². The van der Waals surface area contributed by atoms with Gasteiger partial charge < -0.3 is 9.47 Å². The quantitative estimate of drug-likeness (QED) is 0.254. The zero-order valence-electron chi connectivity index (χ0n) is 17.4. The Morgan fingerprint density at radius 1 is 1.16 bits per heavy atom. The average Bonchev–Trinajstić information content (AvgIpc) is 2.80. The van der Waals surface area contributed by atoms with Crippen LogP contribution in [0.1, 0.15) is 16.7 Å². The first-order chi connectivity index (χ1) is 15.6. The molecule has 1 N–H and O–H groups in total. The second-order valence-corrected chi connectivity index (χ2v) is 8.93. The lowest BCUT2D eigenvalue weighted by Gasteiger charge is -2.13. The van der Waals surface area contributed by atoms with Crippen molar-refractivity contribution in [1.82, 2.24) is 5.43 Å². The van der Waals surface area contributed by atoms with Gasteiger partial charge in [-0.1, -0.05) is 60.1 Å². The summed E-state index contributed by atoms with van der Waals surface area (Å²) in [6.45, 7) is 0.422. The van der Waals surface area contributed by atoms with E-state index in [1.54, 1.807) is 19.4 Å². The Morgan fingerprint density at radius 3 is 2.66 bits per heavy atom. The number of nitrogens with one attached hydrogen (secondary N) is 1. The fraction of sp³-hybridized carbons (Fsp3) is 0.167. The second-order valence-electron chi connectivity index (χ2n) is 6.69. The second kappa shape index (κ2) is 12.5. The summed E-state index contributed by atoms with van der Waals surface area (Å²) in [4.78, 5) is 12.0. The van der Waals surface area contributed by atoms with Crippen molar-refractivity contribution in [1.29, 1.82) is 0 Å². The van der Waals surface area contributed by atoms with E-state index in [1.807, 2.05) is 60.7 Å². The summed E-state index contributed by atoms with van der Waals surface area (Å²) in [6, 6.07) is 21.1. The Bertz CT molecular complexity index is 1080. The van der Waals surface area contributed by atoms with Crippen LogP contribution in [0, 0.1) is 0 Å². The zero-order valence-corrected chi connectivity index (χ0v) is 20.5. The lowest BCUT2D eigenvalue weighted by atomic mass is 10.2. The van der Waals surface area contributed by atoms with E-state index in [-0.39, 0.29) is 11.7 Å². The van der Waals surface area contributed by atoms with Crippen LogP contribution < -0.4 is 14.9 Å². The maximum Gasteiger partial charge on any atom is 0.250 e. The number of nitrogens with zero attached hydrogens (tertiary/aromatic N) is 1. The predicted molar refractivity (Wildman–Crippen MR) is 135 cm³/mol. The highest BCUT2D eigenvalue weighted by Gasteiger charge is 2.12. The third-order valence-corrected chi connectivity index (χ3v) is 6.27. The van der Waals surface area contributed by atoms with Crippen molar-refractivity contribution < 1.29 is 14.3 Å². The van der Waals surface area contributed by atoms with Gasteiger partial charge in [-0.15, -0.1) is 11.8 Å². The van der Waals surface area contributed by atoms with E-state index in [0.29, 0.717) is 28.9 Å². The van der Waals surface area contributed by atoms with Crippen molar-refractivity contribution in [3.05, 3.63) is 92.9 Å². The average molecular weight is 534 g/mol. The molecule has 0 aliphatic heterocycles. The Balaban J connectivity index is 1.53. The molecule has 166 valence electrons. The predicted octanol–water partition coefficient (Wildman–Crippen LogP) is 6.07. The van der Waals surface area contributed by atoms with Gasteiger partial charge >= 0.3 is 0 Å². The third kappa shape index (κ3) is 7.29. The zero-order chi connectivity index (χ0) is 22.8. The monoisotopic (exact) mass is 532 g/mol. The summed E-state index contributed by atoms with van der Waals surface area (Å²) in [7, 11) is 1.58. The minimum absolute atomic E-state index is 0.188. The van der Waals surface area contributed by atoms with Crippen LogP contribution in [0.2, 0.25) is 5.02 Å². The molecule has 0 fully saturated rings. The number of hydrogen-bond acceptors (Lipinski definition) is 5. The highest BCUT2D eigenvalue weighted by Crippen LogP contribution is 2.36. The molecule has 0 radical (unpaired) electrons. The van der Waals surface area contributed by atoms with E-state index in [1.165, 1.54) is 11.8 Å². The van der Waals surface area contributed by atoms with Crippen LogP contribution in [0.3, 0.4) is 0 Å². The third-order valence-electron chi connectivity index (χ3n) is 4.33. The van der Waals surface area contributed by atoms with Gasteiger partial charge in [0.15, 0.2) is 11.5 Å². The largest absolute Gasteiger partial charge is 0.493 e. The van der Waals surface area contributed by atoms with Gasteiger partial charge in [-0.3, -0.25) is 4.79 Å². The standard InChI is InChI=1S/C24H22BrClN2O3S/c1-30-22-12-18(11-20(25)24(22)31-14-17-7-3-2-4-8-17)13-27-28-23(29)16-32-15-19-9-5-6-10-21(19)26/h2-13H,14-16H2,1H3,(H,28,29)/b27-13-. The molecule has 0 bridgehead atoms. The topological polar surface area (TPSA) is 59.9 Å². The van der Waals surface area contributed by atoms with Crippen LogP contribution in [0.25, 0.3) is 0 Å². The van der Waals surface area contributed by atoms with Crippen molar-refractivity contribution in [3.8, 4) is 11.5 Å². The van der Waals surface area contributed by atoms with E-state index in [9.17, 15) is 4.79 Å². The Labute approximate surface area is 205 Å². The van der Waals surface area contributed by atoms with Crippen molar-refractivity contribution in [2.45, 2.75) is 12.4 Å². The minimum Gasteiger partial charge on any atom is -0.493 e. The molecule has 0 aliphatic rings. The number of thioether (sulfide) groups is 1. The lowest BCUT2D eigenvalue weighted by Crippen LogP contribution is -2.19. The summed E-state index contributed by atoms with van der Waals surface area (Å²) in [5.74, 6) is 1.92. The molecule has 5 nitrogen and oxygen atoms in total. The highest BCUT2D eigenvalue weighted by atomic mass is 79.9. The molecule has 3 aromatic rings. The molecule has 32 heavy (non-hydrogen) atoms. The summed E-state index contributed by atoms with van der Waals surface area (Å²) < 4.78 is 12.1. The van der Waals surface area contributed by atoms with E-state index in [0.717, 1.165) is 21.2 Å². The molecule has 0 aromatic heterocycles. The molecular weight excluding hydrogens is 512 g/mol. The van der Waals surface area contributed by atoms with Crippen molar-refractivity contribution >= 4 is 51.4 Å². The highest BCUT2D eigenvalue weighted by molar-refractivity contribution is 9.10. The molecule has 0 unspecified atom stereocenters. The van der Waals surface area contributed by atoms with Crippen LogP contribution in [0.4, 0.5) is 0 Å². The molecule has 0 spiro atoms. The van der Waals surface area contributed by atoms with Crippen LogP contribution >= 0.6 is 39.3 Å². The first-order valence-electron chi connectivity index (χ1n) is 9.74. The number of amides is 1. The van der Waals surface area contributed by atoms with Gasteiger partial charge in [-0.05, 0) is 50.8 Å². The number of carbonyl (C=O) groups is 1. The summed E-state index contributed by atoms with van der Waals surface area (Å²) in [6.07, 6.45) is 1.56. The van der Waals surface area contributed by atoms with Gasteiger partial charge in [0, 0.05) is 10.8 Å². The number of rotatable bonds is 10. The van der Waals surface area contributed by atoms with Gasteiger partial charge in [-0.25, -0.2) is 5.43 Å². The number of ether oxygens (including phenoxy) is 2. The molecular formula is C24H22BrClN2O3S. The smallest absolute Gasteiger partial charge is 0.250 e. The SMILES string of the molecule is COc1cc(/C=N\NC(=O)CSCc2ccccc2Cl)cc(Br)c1OCc1ccccc1. The van der Waals surface area contributed by atoms with Gasteiger partial charge in [0.2, 0.25) is 5.91 Å². The molecule has 8 heteroatoms. The van der Waals surface area contributed by atoms with Gasteiger partial charge in [0.1, 0.15) is 6.61 Å². The molecule has 0 heterocycles. The number of carbonyl (C=O) groups excluding carboxylic acids is 1. The summed E-state index contributed by atoms with van der Waals surface area (Å²) >= 11 is 11.1. The van der Waals surface area contributed by atoms with Gasteiger partial charge in [0.05, 0.1) is 23.5 Å². The van der Waals surface area contributed by atoms with Crippen molar-refractivity contribution in [2.75, 3.05) is 12.9 Å². The Morgan fingerprint density at radius 2 is 1.91 bits per heavy atom. The maximum atomic E-state index is 12.0. The van der Waals surface area contributed by atoms with Crippen molar-refractivity contribution in [2.24, 2.45) is 5.10 Å². The number of benzene rings is 3. The molecule has 0 saturated heterocycles. The molecule has 0 saturated carbocycles. The van der Waals surface area contributed by atoms with Gasteiger partial charge in [0.25, 0.3) is 0 Å². The number of hydrogen-bond donors (Lipinski definition) is 1. The molecule has 3 aromatic carbocycles. The van der Waals surface area contributed by atoms with Crippen LogP contribution in [-0.4, -0.2) is 25.0 Å². The summed E-state index contributed by atoms with van der Waals surface area (Å²) in [5, 5.41) is 4.75. The first kappa shape index (κ1) is 24.2. The fourth-order valence-corrected chi connectivity index (χ4v) is 4.44. The number of methoxy groups -OCH3 is 1. The molecule has 0 atom stereocenters.